The third-order valence-corrected chi connectivity index (χ3v) is 3.59. The zero-order chi connectivity index (χ0) is 19.6. The van der Waals surface area contributed by atoms with Gasteiger partial charge in [-0.3, -0.25) is 0 Å². The van der Waals surface area contributed by atoms with Crippen LogP contribution in [0.3, 0.4) is 0 Å². The first kappa shape index (κ1) is 21.0. The van der Waals surface area contributed by atoms with Crippen molar-refractivity contribution in [1.29, 1.82) is 0 Å². The molecule has 1 aromatic rings. The molecule has 1 aromatic carbocycles. The van der Waals surface area contributed by atoms with Gasteiger partial charge in [0.1, 0.15) is 0 Å². The van der Waals surface area contributed by atoms with Crippen LogP contribution in [0, 0.1) is 0 Å². The number of carbonyl (C=O) groups excluding carboxylic acids is 1. The zero-order valence-electron chi connectivity index (χ0n) is 13.4. The Bertz CT molecular complexity index is 933. The Hall–Kier alpha value is -2.06. The van der Waals surface area contributed by atoms with E-state index in [1.54, 1.807) is 0 Å². The summed E-state index contributed by atoms with van der Waals surface area (Å²) in [7, 11) is -11.6. The lowest BCUT2D eigenvalue weighted by Gasteiger charge is -2.15. The topological polar surface area (TPSA) is 156 Å². The van der Waals surface area contributed by atoms with Crippen molar-refractivity contribution >= 4 is 36.3 Å². The predicted octanol–water partition coefficient (Wildman–Crippen LogP) is -0.512. The molecule has 14 heteroatoms. The van der Waals surface area contributed by atoms with E-state index in [1.807, 2.05) is 0 Å². The summed E-state index contributed by atoms with van der Waals surface area (Å²) >= 11 is 0. The van der Waals surface area contributed by atoms with Crippen LogP contribution >= 0.6 is 0 Å². The minimum atomic E-state index is -4.24. The summed E-state index contributed by atoms with van der Waals surface area (Å²) in [6.45, 7) is 0. The normalized spacial score (nSPS) is 12.3. The van der Waals surface area contributed by atoms with Crippen LogP contribution in [0.15, 0.2) is 12.1 Å². The molecular weight excluding hydrogens is 404 g/mol. The second-order valence-electron chi connectivity index (χ2n) is 4.66. The van der Waals surface area contributed by atoms with Gasteiger partial charge in [-0.1, -0.05) is 0 Å². The molecule has 0 aliphatic rings. The highest BCUT2D eigenvalue weighted by molar-refractivity contribution is 7.87. The predicted molar refractivity (Wildman–Crippen MR) is 84.2 cm³/mol. The van der Waals surface area contributed by atoms with Crippen molar-refractivity contribution in [3.63, 3.8) is 0 Å². The van der Waals surface area contributed by atoms with Gasteiger partial charge in [-0.25, -0.2) is 4.79 Å². The lowest BCUT2D eigenvalue weighted by molar-refractivity contribution is 0.0600. The Morgan fingerprint density at radius 1 is 0.760 bits per heavy atom. The average Bonchev–Trinajstić information content (AvgIpc) is 2.36. The molecule has 0 N–H and O–H groups in total. The summed E-state index contributed by atoms with van der Waals surface area (Å²) in [5.74, 6) is -3.43. The van der Waals surface area contributed by atoms with Crippen LogP contribution in [0.2, 0.25) is 0 Å². The van der Waals surface area contributed by atoms with Crippen LogP contribution in [-0.2, 0) is 35.1 Å². The Labute approximate surface area is 144 Å². The standard InChI is InChI=1S/C11H14O11S3/c1-19-11(12)7-5-8(20-23(2,13)14)10(22-25(4,17)18)9(6-7)21-24(3,15)16/h5-6H,1-4H3. The van der Waals surface area contributed by atoms with Crippen LogP contribution in [0.25, 0.3) is 0 Å². The van der Waals surface area contributed by atoms with Crippen LogP contribution in [-0.4, -0.2) is 57.1 Å². The van der Waals surface area contributed by atoms with E-state index in [4.69, 9.17) is 0 Å². The molecular formula is C11H14O11S3. The monoisotopic (exact) mass is 418 g/mol. The minimum absolute atomic E-state index is 0.374. The smallest absolute Gasteiger partial charge is 0.338 e. The maximum Gasteiger partial charge on any atom is 0.338 e. The molecule has 25 heavy (non-hydrogen) atoms. The van der Waals surface area contributed by atoms with Crippen molar-refractivity contribution in [1.82, 2.24) is 0 Å². The molecule has 0 amide bonds. The molecule has 0 spiro atoms. The zero-order valence-corrected chi connectivity index (χ0v) is 15.8. The number of hydrogen-bond donors (Lipinski definition) is 0. The van der Waals surface area contributed by atoms with Gasteiger partial charge in [-0.15, -0.1) is 0 Å². The average molecular weight is 418 g/mol. The van der Waals surface area contributed by atoms with Crippen molar-refractivity contribution in [3.05, 3.63) is 17.7 Å². The number of carbonyl (C=O) groups is 1. The Balaban J connectivity index is 3.78. The highest BCUT2D eigenvalue weighted by Gasteiger charge is 2.26. The van der Waals surface area contributed by atoms with E-state index >= 15 is 0 Å². The first-order valence-electron chi connectivity index (χ1n) is 6.06. The maximum atomic E-state index is 11.7. The first-order chi connectivity index (χ1) is 11.1. The first-order valence-corrected chi connectivity index (χ1v) is 11.5. The summed E-state index contributed by atoms with van der Waals surface area (Å²) in [6.07, 6.45) is 1.90. The summed E-state index contributed by atoms with van der Waals surface area (Å²) in [5, 5.41) is 0. The van der Waals surface area contributed by atoms with Gasteiger partial charge < -0.3 is 17.3 Å². The number of ether oxygens (including phenoxy) is 1. The van der Waals surface area contributed by atoms with E-state index in [-0.39, 0.29) is 5.56 Å². The highest BCUT2D eigenvalue weighted by Crippen LogP contribution is 2.41. The summed E-state index contributed by atoms with van der Waals surface area (Å²) in [6, 6.07) is 1.59. The molecule has 0 unspecified atom stereocenters. The Morgan fingerprint density at radius 2 is 1.12 bits per heavy atom. The lowest BCUT2D eigenvalue weighted by atomic mass is 10.2. The third-order valence-electron chi connectivity index (χ3n) is 2.16. The maximum absolute atomic E-state index is 11.7. The van der Waals surface area contributed by atoms with Crippen molar-refractivity contribution < 1.29 is 47.3 Å². The van der Waals surface area contributed by atoms with Gasteiger partial charge >= 0.3 is 36.3 Å². The van der Waals surface area contributed by atoms with E-state index in [0.29, 0.717) is 18.8 Å². The molecule has 11 nitrogen and oxygen atoms in total. The van der Waals surface area contributed by atoms with Gasteiger partial charge in [0.2, 0.25) is 5.75 Å². The minimum Gasteiger partial charge on any atom is -0.465 e. The van der Waals surface area contributed by atoms with E-state index in [9.17, 15) is 30.0 Å². The van der Waals surface area contributed by atoms with Gasteiger partial charge in [0.15, 0.2) is 11.5 Å². The number of esters is 1. The van der Waals surface area contributed by atoms with Gasteiger partial charge in [0.05, 0.1) is 31.4 Å². The van der Waals surface area contributed by atoms with Crippen LogP contribution in [0.5, 0.6) is 17.2 Å². The van der Waals surface area contributed by atoms with Crippen molar-refractivity contribution in [2.45, 2.75) is 0 Å². The lowest BCUT2D eigenvalue weighted by Crippen LogP contribution is -2.15. The summed E-state index contributed by atoms with van der Waals surface area (Å²) in [4.78, 5) is 11.7. The number of rotatable bonds is 7. The van der Waals surface area contributed by atoms with E-state index in [1.165, 1.54) is 0 Å². The fourth-order valence-electron chi connectivity index (χ4n) is 1.50. The van der Waals surface area contributed by atoms with Crippen LogP contribution < -0.4 is 12.5 Å². The molecule has 0 aliphatic carbocycles. The Morgan fingerprint density at radius 3 is 1.40 bits per heavy atom. The molecule has 0 fully saturated rings. The SMILES string of the molecule is COC(=O)c1cc(OS(C)(=O)=O)c(OS(C)(=O)=O)c(OS(C)(=O)=O)c1. The van der Waals surface area contributed by atoms with Crippen molar-refractivity contribution in [2.75, 3.05) is 25.9 Å². The van der Waals surface area contributed by atoms with Gasteiger partial charge in [-0.05, 0) is 0 Å². The van der Waals surface area contributed by atoms with E-state index in [0.717, 1.165) is 19.2 Å². The van der Waals surface area contributed by atoms with Gasteiger partial charge in [-0.2, -0.15) is 25.3 Å². The molecule has 0 heterocycles. The molecule has 0 saturated heterocycles. The highest BCUT2D eigenvalue weighted by atomic mass is 32.2. The second-order valence-corrected chi connectivity index (χ2v) is 9.38. The molecule has 142 valence electrons. The molecule has 0 radical (unpaired) electrons. The van der Waals surface area contributed by atoms with E-state index in [2.05, 4.69) is 17.3 Å². The van der Waals surface area contributed by atoms with Gasteiger partial charge in [0, 0.05) is 12.1 Å². The number of benzene rings is 1. The van der Waals surface area contributed by atoms with Crippen LogP contribution in [0.4, 0.5) is 0 Å². The largest absolute Gasteiger partial charge is 0.465 e. The number of hydrogen-bond acceptors (Lipinski definition) is 11. The van der Waals surface area contributed by atoms with Crippen molar-refractivity contribution in [3.8, 4) is 17.2 Å². The second kappa shape index (κ2) is 7.05. The van der Waals surface area contributed by atoms with Crippen LogP contribution in [0.1, 0.15) is 10.4 Å². The molecule has 0 saturated carbocycles. The molecule has 0 atom stereocenters. The molecule has 0 aliphatic heterocycles. The summed E-state index contributed by atoms with van der Waals surface area (Å²) in [5.41, 5.74) is -0.374. The van der Waals surface area contributed by atoms with Gasteiger partial charge in [0.25, 0.3) is 0 Å². The summed E-state index contributed by atoms with van der Waals surface area (Å²) < 4.78 is 86.4. The molecule has 0 bridgehead atoms. The van der Waals surface area contributed by atoms with Crippen molar-refractivity contribution in [2.24, 2.45) is 0 Å². The Kier molecular flexibility index (Phi) is 5.92. The fraction of sp³-hybridized carbons (Fsp3) is 0.364. The molecule has 0 aromatic heterocycles. The quantitative estimate of drug-likeness (QED) is 0.415. The van der Waals surface area contributed by atoms with E-state index < -0.39 is 53.6 Å². The molecule has 1 rings (SSSR count). The third kappa shape index (κ3) is 7.15. The fourth-order valence-corrected chi connectivity index (χ4v) is 2.86. The number of methoxy groups -OCH3 is 1.